The zero-order chi connectivity index (χ0) is 26.3. The van der Waals surface area contributed by atoms with Gasteiger partial charge in [0.15, 0.2) is 0 Å². The minimum atomic E-state index is -3.60. The van der Waals surface area contributed by atoms with E-state index in [2.05, 4.69) is 5.32 Å². The summed E-state index contributed by atoms with van der Waals surface area (Å²) in [5, 5.41) is 2.68. The lowest BCUT2D eigenvalue weighted by Crippen LogP contribution is -2.49. The van der Waals surface area contributed by atoms with Crippen LogP contribution >= 0.6 is 0 Å². The minimum Gasteiger partial charge on any atom is -0.367 e. The summed E-state index contributed by atoms with van der Waals surface area (Å²) in [5.41, 5.74) is 0.761. The molecule has 1 saturated heterocycles. The fourth-order valence-corrected chi connectivity index (χ4v) is 7.04. The van der Waals surface area contributed by atoms with Gasteiger partial charge in [-0.2, -0.15) is 8.61 Å². The van der Waals surface area contributed by atoms with Gasteiger partial charge >= 0.3 is 0 Å². The molecule has 0 bridgehead atoms. The topological polar surface area (TPSA) is 107 Å². The van der Waals surface area contributed by atoms with Crippen LogP contribution in [0.1, 0.15) is 30.6 Å². The highest BCUT2D eigenvalue weighted by atomic mass is 32.2. The number of benzene rings is 2. The number of piperazine rings is 1. The Morgan fingerprint density at radius 1 is 0.944 bits per heavy atom. The van der Waals surface area contributed by atoms with Gasteiger partial charge in [-0.1, -0.05) is 26.0 Å². The van der Waals surface area contributed by atoms with Crippen molar-refractivity contribution in [1.82, 2.24) is 13.9 Å². The monoisotopic (exact) mass is 540 g/mol. The average molecular weight is 541 g/mol. The van der Waals surface area contributed by atoms with Crippen LogP contribution in [0.2, 0.25) is 0 Å². The van der Waals surface area contributed by atoms with E-state index in [1.807, 2.05) is 4.90 Å². The third kappa shape index (κ3) is 6.61. The van der Waals surface area contributed by atoms with Gasteiger partial charge in [-0.25, -0.2) is 21.2 Å². The number of rotatable bonds is 11. The highest BCUT2D eigenvalue weighted by Gasteiger charge is 2.27. The second-order valence-electron chi connectivity index (χ2n) is 8.38. The maximum Gasteiger partial charge on any atom is 0.251 e. The maximum absolute atomic E-state index is 14.0. The van der Waals surface area contributed by atoms with Crippen molar-refractivity contribution in [1.29, 1.82) is 0 Å². The summed E-state index contributed by atoms with van der Waals surface area (Å²) < 4.78 is 67.3. The fourth-order valence-electron chi connectivity index (χ4n) is 4.09. The molecule has 0 unspecified atom stereocenters. The second kappa shape index (κ2) is 12.1. The number of hydrogen-bond donors (Lipinski definition) is 1. The maximum atomic E-state index is 14.0. The van der Waals surface area contributed by atoms with Crippen LogP contribution in [0.5, 0.6) is 0 Å². The molecule has 2 aromatic carbocycles. The molecular formula is C24H33FN4O5S2. The molecule has 0 spiro atoms. The van der Waals surface area contributed by atoms with Crippen molar-refractivity contribution in [3.63, 3.8) is 0 Å². The molecule has 1 N–H and O–H groups in total. The molecule has 1 amide bonds. The fraction of sp³-hybridized carbons (Fsp3) is 0.458. The number of amides is 1. The summed E-state index contributed by atoms with van der Waals surface area (Å²) in [5.74, 6) is -0.851. The summed E-state index contributed by atoms with van der Waals surface area (Å²) in [7, 11) is -7.11. The predicted octanol–water partition coefficient (Wildman–Crippen LogP) is 2.13. The van der Waals surface area contributed by atoms with Crippen molar-refractivity contribution in [2.45, 2.75) is 25.2 Å². The molecule has 2 aromatic rings. The highest BCUT2D eigenvalue weighted by molar-refractivity contribution is 7.89. The van der Waals surface area contributed by atoms with Gasteiger partial charge in [-0.15, -0.1) is 0 Å². The van der Waals surface area contributed by atoms with E-state index in [0.29, 0.717) is 37.4 Å². The lowest BCUT2D eigenvalue weighted by atomic mass is 10.2. The van der Waals surface area contributed by atoms with E-state index in [1.54, 1.807) is 32.0 Å². The van der Waals surface area contributed by atoms with Gasteiger partial charge < -0.3 is 10.2 Å². The first kappa shape index (κ1) is 28.0. The summed E-state index contributed by atoms with van der Waals surface area (Å²) in [6, 6.07) is 12.1. The van der Waals surface area contributed by atoms with Crippen LogP contribution in [0.4, 0.5) is 10.1 Å². The van der Waals surface area contributed by atoms with E-state index in [0.717, 1.165) is 0 Å². The Morgan fingerprint density at radius 3 is 2.14 bits per heavy atom. The van der Waals surface area contributed by atoms with Crippen molar-refractivity contribution < 1.29 is 26.0 Å². The Bertz CT molecular complexity index is 1240. The molecule has 198 valence electrons. The van der Waals surface area contributed by atoms with Gasteiger partial charge in [0.2, 0.25) is 20.0 Å². The van der Waals surface area contributed by atoms with E-state index in [1.165, 1.54) is 38.9 Å². The molecule has 1 heterocycles. The highest BCUT2D eigenvalue weighted by Crippen LogP contribution is 2.21. The van der Waals surface area contributed by atoms with Crippen LogP contribution in [0.3, 0.4) is 0 Å². The van der Waals surface area contributed by atoms with Crippen LogP contribution in [0.15, 0.2) is 53.4 Å². The zero-order valence-corrected chi connectivity index (χ0v) is 22.2. The van der Waals surface area contributed by atoms with Gasteiger partial charge in [-0.05, 0) is 42.8 Å². The van der Waals surface area contributed by atoms with Gasteiger partial charge in [0.05, 0.1) is 16.3 Å². The molecule has 0 atom stereocenters. The number of para-hydroxylation sites is 1. The molecular weight excluding hydrogens is 507 g/mol. The average Bonchev–Trinajstić information content (AvgIpc) is 2.87. The van der Waals surface area contributed by atoms with Crippen molar-refractivity contribution in [3.05, 3.63) is 59.9 Å². The van der Waals surface area contributed by atoms with Crippen LogP contribution in [-0.4, -0.2) is 82.9 Å². The summed E-state index contributed by atoms with van der Waals surface area (Å²) in [6.07, 6.45) is 0.232. The van der Waals surface area contributed by atoms with Crippen LogP contribution in [0, 0.1) is 5.82 Å². The molecule has 1 aliphatic heterocycles. The Hall–Kier alpha value is -2.54. The van der Waals surface area contributed by atoms with E-state index in [9.17, 15) is 26.0 Å². The molecule has 9 nitrogen and oxygen atoms in total. The largest absolute Gasteiger partial charge is 0.367 e. The lowest BCUT2D eigenvalue weighted by Gasteiger charge is -2.35. The first-order valence-corrected chi connectivity index (χ1v) is 15.0. The third-order valence-corrected chi connectivity index (χ3v) is 10.2. The summed E-state index contributed by atoms with van der Waals surface area (Å²) >= 11 is 0. The van der Waals surface area contributed by atoms with Crippen molar-refractivity contribution >= 4 is 31.6 Å². The molecule has 36 heavy (non-hydrogen) atoms. The Balaban J connectivity index is 1.46. The van der Waals surface area contributed by atoms with E-state index in [-0.39, 0.29) is 42.5 Å². The molecule has 1 fully saturated rings. The van der Waals surface area contributed by atoms with Gasteiger partial charge in [-0.3, -0.25) is 4.79 Å². The number of sulfonamides is 2. The normalized spacial score (nSPS) is 15.3. The van der Waals surface area contributed by atoms with Crippen LogP contribution < -0.4 is 10.2 Å². The van der Waals surface area contributed by atoms with Gasteiger partial charge in [0.1, 0.15) is 5.82 Å². The quantitative estimate of drug-likeness (QED) is 0.438. The summed E-state index contributed by atoms with van der Waals surface area (Å²) in [6.45, 7) is 5.72. The number of carbonyl (C=O) groups excluding carboxylic acids is 1. The van der Waals surface area contributed by atoms with Crippen molar-refractivity contribution in [2.75, 3.05) is 56.5 Å². The third-order valence-electron chi connectivity index (χ3n) is 6.15. The lowest BCUT2D eigenvalue weighted by molar-refractivity contribution is 0.0953. The number of halogens is 1. The van der Waals surface area contributed by atoms with E-state index >= 15 is 0 Å². The number of hydrogen-bond acceptors (Lipinski definition) is 6. The Labute approximate surface area is 213 Å². The number of nitrogens with zero attached hydrogens (tertiary/aromatic N) is 3. The predicted molar refractivity (Wildman–Crippen MR) is 137 cm³/mol. The number of nitrogens with one attached hydrogen (secondary N) is 1. The van der Waals surface area contributed by atoms with Gasteiger partial charge in [0.25, 0.3) is 5.91 Å². The van der Waals surface area contributed by atoms with Gasteiger partial charge in [0, 0.05) is 51.4 Å². The van der Waals surface area contributed by atoms with E-state index < -0.39 is 26.0 Å². The Morgan fingerprint density at radius 2 is 1.56 bits per heavy atom. The molecule has 12 heteroatoms. The number of anilines is 1. The molecule has 0 aliphatic carbocycles. The first-order valence-electron chi connectivity index (χ1n) is 12.0. The molecule has 1 aliphatic rings. The van der Waals surface area contributed by atoms with Crippen molar-refractivity contribution in [3.8, 4) is 0 Å². The smallest absolute Gasteiger partial charge is 0.251 e. The SMILES string of the molecule is CCN(CC)S(=O)(=O)c1ccc(C(=O)NCCCS(=O)(=O)N2CCN(c3ccccc3F)CC2)cc1. The molecule has 3 rings (SSSR count). The minimum absolute atomic E-state index is 0.115. The first-order chi connectivity index (χ1) is 17.1. The van der Waals surface area contributed by atoms with Crippen LogP contribution in [-0.2, 0) is 20.0 Å². The molecule has 0 saturated carbocycles. The standard InChI is InChI=1S/C24H33FN4O5S2/c1-3-28(4-2)36(33,34)21-12-10-20(11-13-21)24(30)26-14-7-19-35(31,32)29-17-15-27(16-18-29)23-9-6-5-8-22(23)25/h5-6,8-13H,3-4,7,14-19H2,1-2H3,(H,26,30). The van der Waals surface area contributed by atoms with Crippen LogP contribution in [0.25, 0.3) is 0 Å². The Kier molecular flexibility index (Phi) is 9.45. The molecule has 0 aromatic heterocycles. The second-order valence-corrected chi connectivity index (χ2v) is 12.4. The summed E-state index contributed by atoms with van der Waals surface area (Å²) in [4.78, 5) is 14.4. The number of carbonyl (C=O) groups is 1. The van der Waals surface area contributed by atoms with Crippen molar-refractivity contribution in [2.24, 2.45) is 0 Å². The molecule has 0 radical (unpaired) electrons. The zero-order valence-electron chi connectivity index (χ0n) is 20.6. The van der Waals surface area contributed by atoms with E-state index in [4.69, 9.17) is 0 Å².